The molecule has 0 fully saturated rings. The number of hydrogen-bond donors (Lipinski definition) is 3. The molecule has 0 aliphatic rings. The van der Waals surface area contributed by atoms with Crippen molar-refractivity contribution >= 4 is 32.3 Å². The summed E-state index contributed by atoms with van der Waals surface area (Å²) in [5.74, 6) is 0. The van der Waals surface area contributed by atoms with Gasteiger partial charge in [0.25, 0.3) is 10.0 Å². The third-order valence-corrected chi connectivity index (χ3v) is 4.29. The van der Waals surface area contributed by atoms with E-state index in [2.05, 4.69) is 14.7 Å². The van der Waals surface area contributed by atoms with E-state index in [1.54, 1.807) is 36.5 Å². The lowest BCUT2D eigenvalue weighted by Gasteiger charge is -2.06. The van der Waals surface area contributed by atoms with Crippen LogP contribution in [0.5, 0.6) is 0 Å². The average Bonchev–Trinajstić information content (AvgIpc) is 2.83. The van der Waals surface area contributed by atoms with E-state index in [1.807, 2.05) is 0 Å². The second kappa shape index (κ2) is 4.53. The number of nitrogens with one attached hydrogen (secondary N) is 2. The maximum absolute atomic E-state index is 12.4. The molecule has 6 nitrogen and oxygen atoms in total. The molecule has 0 spiro atoms. The number of H-pyrrole nitrogens is 1. The van der Waals surface area contributed by atoms with Crippen LogP contribution in [0.2, 0.25) is 0 Å². The molecule has 20 heavy (non-hydrogen) atoms. The second-order valence-corrected chi connectivity index (χ2v) is 5.96. The zero-order valence-electron chi connectivity index (χ0n) is 10.4. The predicted octanol–water partition coefficient (Wildman–Crippen LogP) is 1.95. The lowest BCUT2D eigenvalue weighted by molar-refractivity contribution is 0.602. The molecule has 102 valence electrons. The van der Waals surface area contributed by atoms with Gasteiger partial charge in [-0.3, -0.25) is 9.71 Å². The smallest absolute Gasteiger partial charge is 0.264 e. The van der Waals surface area contributed by atoms with Crippen molar-refractivity contribution in [1.29, 1.82) is 0 Å². The van der Waals surface area contributed by atoms with Crippen molar-refractivity contribution < 1.29 is 8.42 Å². The van der Waals surface area contributed by atoms with Crippen LogP contribution in [0.15, 0.2) is 53.8 Å². The Balaban J connectivity index is 2.08. The van der Waals surface area contributed by atoms with Crippen molar-refractivity contribution in [3.05, 3.63) is 48.9 Å². The van der Waals surface area contributed by atoms with E-state index in [4.69, 9.17) is 5.73 Å². The highest BCUT2D eigenvalue weighted by Gasteiger charge is 2.19. The first-order chi connectivity index (χ1) is 9.56. The Hall–Kier alpha value is -2.54. The molecular weight excluding hydrogens is 276 g/mol. The van der Waals surface area contributed by atoms with Crippen LogP contribution in [0.4, 0.5) is 11.4 Å². The molecular formula is C13H12N4O2S. The summed E-state index contributed by atoms with van der Waals surface area (Å²) >= 11 is 0. The van der Waals surface area contributed by atoms with Crippen LogP contribution in [0, 0.1) is 0 Å². The summed E-state index contributed by atoms with van der Waals surface area (Å²) in [7, 11) is -3.69. The minimum atomic E-state index is -3.69. The number of aromatic nitrogens is 2. The number of anilines is 2. The number of nitrogens with zero attached hydrogens (tertiary/aromatic N) is 1. The first-order valence-electron chi connectivity index (χ1n) is 5.86. The topological polar surface area (TPSA) is 101 Å². The molecule has 4 N–H and O–H groups in total. The van der Waals surface area contributed by atoms with Gasteiger partial charge in [-0.1, -0.05) is 0 Å². The van der Waals surface area contributed by atoms with E-state index < -0.39 is 10.0 Å². The molecule has 2 aromatic heterocycles. The molecule has 0 saturated carbocycles. The van der Waals surface area contributed by atoms with Crippen LogP contribution < -0.4 is 10.5 Å². The number of pyridine rings is 1. The largest absolute Gasteiger partial charge is 0.399 e. The number of hydrogen-bond acceptors (Lipinski definition) is 4. The summed E-state index contributed by atoms with van der Waals surface area (Å²) in [6.07, 6.45) is 4.47. The Kier molecular flexibility index (Phi) is 2.83. The maximum atomic E-state index is 12.4. The van der Waals surface area contributed by atoms with Gasteiger partial charge in [-0.2, -0.15) is 0 Å². The van der Waals surface area contributed by atoms with Crippen LogP contribution in [0.25, 0.3) is 10.9 Å². The van der Waals surface area contributed by atoms with Gasteiger partial charge in [0.1, 0.15) is 4.90 Å². The number of rotatable bonds is 3. The number of nitrogen functional groups attached to an aromatic ring is 1. The van der Waals surface area contributed by atoms with Crippen LogP contribution in [0.3, 0.4) is 0 Å². The summed E-state index contributed by atoms with van der Waals surface area (Å²) in [6.45, 7) is 0. The molecule has 0 atom stereocenters. The summed E-state index contributed by atoms with van der Waals surface area (Å²) < 4.78 is 27.3. The highest BCUT2D eigenvalue weighted by Crippen LogP contribution is 2.26. The first-order valence-corrected chi connectivity index (χ1v) is 7.34. The fourth-order valence-corrected chi connectivity index (χ4v) is 3.18. The summed E-state index contributed by atoms with van der Waals surface area (Å²) in [4.78, 5) is 6.94. The zero-order chi connectivity index (χ0) is 14.2. The Morgan fingerprint density at radius 3 is 2.85 bits per heavy atom. The SMILES string of the molecule is Nc1ccc2[nH]cc(S(=O)(=O)Nc3cccnc3)c2c1. The summed E-state index contributed by atoms with van der Waals surface area (Å²) in [6, 6.07) is 8.37. The van der Waals surface area contributed by atoms with Gasteiger partial charge >= 0.3 is 0 Å². The van der Waals surface area contributed by atoms with Crippen LogP contribution in [-0.2, 0) is 10.0 Å². The Bertz CT molecular complexity index is 856. The molecule has 0 unspecified atom stereocenters. The molecule has 3 aromatic rings. The molecule has 7 heteroatoms. The molecule has 1 aromatic carbocycles. The minimum absolute atomic E-state index is 0.156. The lowest BCUT2D eigenvalue weighted by atomic mass is 10.2. The van der Waals surface area contributed by atoms with Crippen molar-refractivity contribution in [2.24, 2.45) is 0 Å². The Labute approximate surface area is 115 Å². The number of sulfonamides is 1. The van der Waals surface area contributed by atoms with Crippen molar-refractivity contribution in [2.75, 3.05) is 10.5 Å². The van der Waals surface area contributed by atoms with Gasteiger partial charge in [0.2, 0.25) is 0 Å². The number of nitrogens with two attached hydrogens (primary N) is 1. The molecule has 0 saturated heterocycles. The average molecular weight is 288 g/mol. The molecule has 2 heterocycles. The predicted molar refractivity (Wildman–Crippen MR) is 77.8 cm³/mol. The Morgan fingerprint density at radius 2 is 2.10 bits per heavy atom. The normalized spacial score (nSPS) is 11.6. The molecule has 0 bridgehead atoms. The van der Waals surface area contributed by atoms with Crippen LogP contribution in [-0.4, -0.2) is 18.4 Å². The highest BCUT2D eigenvalue weighted by atomic mass is 32.2. The summed E-state index contributed by atoms with van der Waals surface area (Å²) in [5.41, 5.74) is 7.34. The van der Waals surface area contributed by atoms with Gasteiger partial charge < -0.3 is 10.7 Å². The van der Waals surface area contributed by atoms with E-state index >= 15 is 0 Å². The van der Waals surface area contributed by atoms with Crippen LogP contribution >= 0.6 is 0 Å². The fourth-order valence-electron chi connectivity index (χ4n) is 1.97. The number of benzene rings is 1. The Morgan fingerprint density at radius 1 is 1.25 bits per heavy atom. The van der Waals surface area contributed by atoms with Crippen molar-refractivity contribution in [2.45, 2.75) is 4.90 Å². The monoisotopic (exact) mass is 288 g/mol. The van der Waals surface area contributed by atoms with E-state index in [1.165, 1.54) is 12.4 Å². The maximum Gasteiger partial charge on any atom is 0.264 e. The zero-order valence-corrected chi connectivity index (χ0v) is 11.2. The third-order valence-electron chi connectivity index (χ3n) is 2.87. The van der Waals surface area contributed by atoms with Gasteiger partial charge in [0, 0.05) is 29.0 Å². The lowest BCUT2D eigenvalue weighted by Crippen LogP contribution is -2.12. The van der Waals surface area contributed by atoms with Gasteiger partial charge in [0.15, 0.2) is 0 Å². The van der Waals surface area contributed by atoms with Gasteiger partial charge in [-0.25, -0.2) is 8.42 Å². The van der Waals surface area contributed by atoms with E-state index in [9.17, 15) is 8.42 Å². The molecule has 0 radical (unpaired) electrons. The highest BCUT2D eigenvalue weighted by molar-refractivity contribution is 7.93. The summed E-state index contributed by atoms with van der Waals surface area (Å²) in [5, 5.41) is 0.557. The standard InChI is InChI=1S/C13H12N4O2S/c14-9-3-4-12-11(6-9)13(8-16-12)20(18,19)17-10-2-1-5-15-7-10/h1-8,16-17H,14H2. The van der Waals surface area contributed by atoms with Crippen LogP contribution in [0.1, 0.15) is 0 Å². The molecule has 0 aliphatic carbocycles. The van der Waals surface area contributed by atoms with Crippen molar-refractivity contribution in [3.8, 4) is 0 Å². The molecule has 0 aliphatic heterocycles. The third kappa shape index (κ3) is 2.19. The van der Waals surface area contributed by atoms with E-state index in [-0.39, 0.29) is 4.90 Å². The van der Waals surface area contributed by atoms with Gasteiger partial charge in [-0.15, -0.1) is 0 Å². The minimum Gasteiger partial charge on any atom is -0.399 e. The second-order valence-electron chi connectivity index (χ2n) is 4.31. The van der Waals surface area contributed by atoms with Gasteiger partial charge in [0.05, 0.1) is 11.9 Å². The fraction of sp³-hybridized carbons (Fsp3) is 0. The van der Waals surface area contributed by atoms with E-state index in [0.717, 1.165) is 0 Å². The van der Waals surface area contributed by atoms with Crippen molar-refractivity contribution in [1.82, 2.24) is 9.97 Å². The van der Waals surface area contributed by atoms with Crippen molar-refractivity contribution in [3.63, 3.8) is 0 Å². The van der Waals surface area contributed by atoms with E-state index in [0.29, 0.717) is 22.3 Å². The molecule has 3 rings (SSSR count). The number of aromatic amines is 1. The number of fused-ring (bicyclic) bond motifs is 1. The molecule has 0 amide bonds. The quantitative estimate of drug-likeness (QED) is 0.641. The van der Waals surface area contributed by atoms with Gasteiger partial charge in [-0.05, 0) is 30.3 Å². The first kappa shape index (κ1) is 12.5.